The van der Waals surface area contributed by atoms with Crippen molar-refractivity contribution in [2.24, 2.45) is 0 Å². The van der Waals surface area contributed by atoms with Crippen molar-refractivity contribution in [3.05, 3.63) is 77.9 Å². The first-order valence-electron chi connectivity index (χ1n) is 13.7. The van der Waals surface area contributed by atoms with Crippen LogP contribution in [0, 0.1) is 6.92 Å². The number of carbonyl (C=O) groups excluding carboxylic acids is 2. The van der Waals surface area contributed by atoms with E-state index in [1.807, 2.05) is 75.6 Å². The van der Waals surface area contributed by atoms with E-state index in [0.29, 0.717) is 23.5 Å². The minimum atomic E-state index is -0.360. The molecule has 1 aliphatic heterocycles. The van der Waals surface area contributed by atoms with Gasteiger partial charge in [0.1, 0.15) is 5.75 Å². The van der Waals surface area contributed by atoms with Gasteiger partial charge in [-0.05, 0) is 82.0 Å². The zero-order valence-electron chi connectivity index (χ0n) is 23.9. The smallest absolute Gasteiger partial charge is 0.323 e. The summed E-state index contributed by atoms with van der Waals surface area (Å²) >= 11 is 0. The molecule has 1 saturated heterocycles. The van der Waals surface area contributed by atoms with Gasteiger partial charge < -0.3 is 35.4 Å². The summed E-state index contributed by atoms with van der Waals surface area (Å²) in [6, 6.07) is 20.8. The lowest BCUT2D eigenvalue weighted by Crippen LogP contribution is -2.47. The van der Waals surface area contributed by atoms with Crippen LogP contribution in [0.4, 0.5) is 27.5 Å². The van der Waals surface area contributed by atoms with Crippen LogP contribution in [-0.2, 0) is 0 Å². The summed E-state index contributed by atoms with van der Waals surface area (Å²) in [5.74, 6) is 0.705. The number of nitrogens with zero attached hydrogens (tertiary/aromatic N) is 3. The normalized spacial score (nSPS) is 13.2. The molecule has 40 heavy (non-hydrogen) atoms. The molecule has 1 aliphatic rings. The van der Waals surface area contributed by atoms with Gasteiger partial charge in [-0.15, -0.1) is 0 Å². The number of amides is 3. The van der Waals surface area contributed by atoms with Gasteiger partial charge in [0.2, 0.25) is 0 Å². The summed E-state index contributed by atoms with van der Waals surface area (Å²) in [5, 5.41) is 8.80. The molecule has 3 N–H and O–H groups in total. The third-order valence-corrected chi connectivity index (χ3v) is 6.89. The Morgan fingerprint density at radius 3 is 2.20 bits per heavy atom. The Bertz CT molecular complexity index is 1300. The van der Waals surface area contributed by atoms with Gasteiger partial charge in [-0.25, -0.2) is 4.79 Å². The molecule has 9 heteroatoms. The Labute approximate surface area is 237 Å². The van der Waals surface area contributed by atoms with Gasteiger partial charge in [0, 0.05) is 49.8 Å². The molecule has 0 spiro atoms. The van der Waals surface area contributed by atoms with Crippen molar-refractivity contribution in [1.82, 2.24) is 10.2 Å². The van der Waals surface area contributed by atoms with Crippen molar-refractivity contribution in [3.63, 3.8) is 0 Å². The van der Waals surface area contributed by atoms with Crippen molar-refractivity contribution >= 4 is 34.7 Å². The van der Waals surface area contributed by atoms with E-state index in [1.54, 1.807) is 13.2 Å². The maximum Gasteiger partial charge on any atom is 0.323 e. The Morgan fingerprint density at radius 1 is 0.850 bits per heavy atom. The Morgan fingerprint density at radius 2 is 1.52 bits per heavy atom. The van der Waals surface area contributed by atoms with Crippen LogP contribution < -0.4 is 30.5 Å². The fourth-order valence-electron chi connectivity index (χ4n) is 4.86. The molecule has 3 amide bonds. The van der Waals surface area contributed by atoms with E-state index in [4.69, 9.17) is 4.74 Å². The Balaban J connectivity index is 1.49. The summed E-state index contributed by atoms with van der Waals surface area (Å²) in [4.78, 5) is 32.7. The largest absolute Gasteiger partial charge is 0.495 e. The number of piperazine rings is 1. The lowest BCUT2D eigenvalue weighted by Gasteiger charge is -2.38. The summed E-state index contributed by atoms with van der Waals surface area (Å²) in [6.07, 6.45) is 0.850. The number of rotatable bonds is 10. The monoisotopic (exact) mass is 544 g/mol. The van der Waals surface area contributed by atoms with E-state index in [0.717, 1.165) is 61.8 Å². The molecule has 0 saturated carbocycles. The van der Waals surface area contributed by atoms with Crippen molar-refractivity contribution in [2.45, 2.75) is 13.3 Å². The fraction of sp³-hybridized carbons (Fsp3) is 0.355. The quantitative estimate of drug-likeness (QED) is 0.322. The number of urea groups is 1. The van der Waals surface area contributed by atoms with Gasteiger partial charge in [0.15, 0.2) is 0 Å². The molecular formula is C31H40N6O3. The molecule has 9 nitrogen and oxygen atoms in total. The molecule has 0 bridgehead atoms. The van der Waals surface area contributed by atoms with E-state index < -0.39 is 0 Å². The Hall–Kier alpha value is -4.24. The van der Waals surface area contributed by atoms with Gasteiger partial charge >= 0.3 is 6.03 Å². The lowest BCUT2D eigenvalue weighted by atomic mass is 10.1. The van der Waals surface area contributed by atoms with E-state index >= 15 is 0 Å². The fourth-order valence-corrected chi connectivity index (χ4v) is 4.86. The van der Waals surface area contributed by atoms with E-state index in [1.165, 1.54) is 0 Å². The number of hydrogen-bond donors (Lipinski definition) is 3. The zero-order chi connectivity index (χ0) is 28.5. The molecular weight excluding hydrogens is 504 g/mol. The molecule has 0 atom stereocenters. The van der Waals surface area contributed by atoms with Gasteiger partial charge in [-0.3, -0.25) is 4.79 Å². The minimum Gasteiger partial charge on any atom is -0.495 e. The molecule has 212 valence electrons. The van der Waals surface area contributed by atoms with Crippen LogP contribution in [0.5, 0.6) is 5.75 Å². The summed E-state index contributed by atoms with van der Waals surface area (Å²) in [5.41, 5.74) is 4.79. The first-order chi connectivity index (χ1) is 19.3. The second-order valence-electron chi connectivity index (χ2n) is 10.2. The predicted octanol–water partition coefficient (Wildman–Crippen LogP) is 4.66. The van der Waals surface area contributed by atoms with Crippen LogP contribution in [-0.4, -0.2) is 77.3 Å². The molecule has 0 aliphatic carbocycles. The lowest BCUT2D eigenvalue weighted by molar-refractivity contribution is 0.0952. The number of benzene rings is 3. The molecule has 4 rings (SSSR count). The van der Waals surface area contributed by atoms with Crippen molar-refractivity contribution in [2.75, 3.05) is 80.9 Å². The maximum absolute atomic E-state index is 13.4. The third-order valence-electron chi connectivity index (χ3n) is 6.89. The molecule has 0 radical (unpaired) electrons. The van der Waals surface area contributed by atoms with Crippen LogP contribution in [0.25, 0.3) is 0 Å². The number of hydrogen-bond acceptors (Lipinski definition) is 6. The topological polar surface area (TPSA) is 89.2 Å². The molecule has 3 aromatic rings. The first kappa shape index (κ1) is 28.8. The highest BCUT2D eigenvalue weighted by atomic mass is 16.5. The summed E-state index contributed by atoms with van der Waals surface area (Å²) < 4.78 is 5.56. The number of aryl methyl sites for hydroxylation is 1. The van der Waals surface area contributed by atoms with Crippen molar-refractivity contribution < 1.29 is 14.3 Å². The zero-order valence-corrected chi connectivity index (χ0v) is 23.9. The number of nitrogens with one attached hydrogen (secondary N) is 3. The van der Waals surface area contributed by atoms with Gasteiger partial charge in [0.25, 0.3) is 5.91 Å². The highest BCUT2D eigenvalue weighted by Gasteiger charge is 2.24. The van der Waals surface area contributed by atoms with E-state index in [2.05, 4.69) is 36.7 Å². The molecule has 0 unspecified atom stereocenters. The van der Waals surface area contributed by atoms with Crippen molar-refractivity contribution in [3.8, 4) is 5.75 Å². The highest BCUT2D eigenvalue weighted by molar-refractivity contribution is 6.04. The number of ether oxygens (including phenoxy) is 1. The average molecular weight is 545 g/mol. The third kappa shape index (κ3) is 7.66. The predicted molar refractivity (Wildman–Crippen MR) is 163 cm³/mol. The van der Waals surface area contributed by atoms with Crippen LogP contribution in [0.1, 0.15) is 22.3 Å². The summed E-state index contributed by atoms with van der Waals surface area (Å²) in [6.45, 7) is 6.52. The maximum atomic E-state index is 13.4. The number of anilines is 4. The van der Waals surface area contributed by atoms with Crippen LogP contribution >= 0.6 is 0 Å². The minimum absolute atomic E-state index is 0.149. The number of methoxy groups -OCH3 is 1. The average Bonchev–Trinajstić information content (AvgIpc) is 2.95. The van der Waals surface area contributed by atoms with Crippen LogP contribution in [0.15, 0.2) is 66.7 Å². The Kier molecular flexibility index (Phi) is 9.86. The molecule has 3 aromatic carbocycles. The molecule has 1 heterocycles. The van der Waals surface area contributed by atoms with Gasteiger partial charge in [0.05, 0.1) is 18.4 Å². The number of carbonyl (C=O) groups is 2. The van der Waals surface area contributed by atoms with Crippen LogP contribution in [0.3, 0.4) is 0 Å². The molecule has 1 fully saturated rings. The second-order valence-corrected chi connectivity index (χ2v) is 10.2. The highest BCUT2D eigenvalue weighted by Crippen LogP contribution is 2.31. The summed E-state index contributed by atoms with van der Waals surface area (Å²) in [7, 11) is 5.72. The van der Waals surface area contributed by atoms with Gasteiger partial charge in [-0.1, -0.05) is 24.3 Å². The second kappa shape index (κ2) is 13.7. The number of para-hydroxylation sites is 2. The SMILES string of the molecule is COc1ccccc1N1CCN(c2ccc(NC(=O)Nc3cccc(C)c3)cc2C(=O)NCCCN(C)C)CC1. The molecule has 0 aromatic heterocycles. The van der Waals surface area contributed by atoms with E-state index in [9.17, 15) is 9.59 Å². The first-order valence-corrected chi connectivity index (χ1v) is 13.7. The van der Waals surface area contributed by atoms with Crippen molar-refractivity contribution in [1.29, 1.82) is 0 Å². The standard InChI is InChI=1S/C31H40N6O3/c1-23-9-7-10-24(21-23)33-31(39)34-25-13-14-27(26(22-25)30(38)32-15-8-16-35(2)3)36-17-19-37(20-18-36)28-11-5-6-12-29(28)40-4/h5-7,9-14,21-22H,8,15-20H2,1-4H3,(H,32,38)(H2,33,34,39). The van der Waals surface area contributed by atoms with E-state index in [-0.39, 0.29) is 11.9 Å². The van der Waals surface area contributed by atoms with Crippen LogP contribution in [0.2, 0.25) is 0 Å². The van der Waals surface area contributed by atoms with Gasteiger partial charge in [-0.2, -0.15) is 0 Å².